The summed E-state index contributed by atoms with van der Waals surface area (Å²) in [6.45, 7) is 7.22. The van der Waals surface area contributed by atoms with Crippen LogP contribution < -0.4 is 5.32 Å². The first-order chi connectivity index (χ1) is 9.80. The van der Waals surface area contributed by atoms with Crippen molar-refractivity contribution in [3.8, 4) is 0 Å². The maximum absolute atomic E-state index is 12.0. The molecule has 1 aromatic rings. The van der Waals surface area contributed by atoms with Gasteiger partial charge in [0, 0.05) is 11.4 Å². The number of rotatable bonds is 6. The number of nitrogens with one attached hydrogen (secondary N) is 1. The predicted octanol–water partition coefficient (Wildman–Crippen LogP) is 1.64. The third kappa shape index (κ3) is 5.00. The molecule has 0 aromatic carbocycles. The van der Waals surface area contributed by atoms with Gasteiger partial charge in [-0.25, -0.2) is 14.8 Å². The highest BCUT2D eigenvalue weighted by Gasteiger charge is 2.33. The molecular weight excluding hydrogens is 290 g/mol. The number of carbonyl (C=O) groups is 2. The third-order valence-electron chi connectivity index (χ3n) is 3.05. The fourth-order valence-electron chi connectivity index (χ4n) is 1.74. The molecule has 1 heterocycles. The molecule has 21 heavy (non-hydrogen) atoms. The van der Waals surface area contributed by atoms with E-state index in [1.165, 1.54) is 18.9 Å². The molecule has 0 bridgehead atoms. The summed E-state index contributed by atoms with van der Waals surface area (Å²) in [5.41, 5.74) is 0.715. The summed E-state index contributed by atoms with van der Waals surface area (Å²) in [6, 6.07) is 1.87. The number of carbonyl (C=O) groups excluding carboxylic acids is 2. The second-order valence-electron chi connectivity index (χ2n) is 4.95. The van der Waals surface area contributed by atoms with Gasteiger partial charge in [-0.15, -0.1) is 0 Å². The van der Waals surface area contributed by atoms with Crippen molar-refractivity contribution in [2.45, 2.75) is 44.8 Å². The van der Waals surface area contributed by atoms with E-state index in [1.807, 2.05) is 26.8 Å². The van der Waals surface area contributed by atoms with Gasteiger partial charge in [0.1, 0.15) is 5.54 Å². The van der Waals surface area contributed by atoms with Gasteiger partial charge in [0.2, 0.25) is 5.91 Å². The van der Waals surface area contributed by atoms with Crippen LogP contribution in [0.3, 0.4) is 0 Å². The Labute approximate surface area is 129 Å². The highest BCUT2D eigenvalue weighted by atomic mass is 32.2. The lowest BCUT2D eigenvalue weighted by atomic mass is 9.99. The fourth-order valence-corrected chi connectivity index (χ4v) is 2.49. The molecular formula is C14H21N3O3S. The molecule has 1 aromatic heterocycles. The summed E-state index contributed by atoms with van der Waals surface area (Å²) < 4.78 is 4.72. The molecule has 1 N–H and O–H groups in total. The maximum Gasteiger partial charge on any atom is 0.331 e. The van der Waals surface area contributed by atoms with Gasteiger partial charge < -0.3 is 10.1 Å². The van der Waals surface area contributed by atoms with Crippen LogP contribution in [0.5, 0.6) is 0 Å². The van der Waals surface area contributed by atoms with Crippen molar-refractivity contribution < 1.29 is 14.3 Å². The van der Waals surface area contributed by atoms with E-state index in [4.69, 9.17) is 4.74 Å². The van der Waals surface area contributed by atoms with Crippen molar-refractivity contribution in [1.29, 1.82) is 0 Å². The maximum atomic E-state index is 12.0. The molecule has 0 radical (unpaired) electrons. The molecule has 116 valence electrons. The highest BCUT2D eigenvalue weighted by molar-refractivity contribution is 7.99. The van der Waals surface area contributed by atoms with Crippen molar-refractivity contribution in [2.75, 3.05) is 12.9 Å². The Kier molecular flexibility index (Phi) is 6.14. The van der Waals surface area contributed by atoms with Gasteiger partial charge in [0.05, 0.1) is 12.9 Å². The standard InChI is InChI=1S/C14H21N3O3S/c1-6-14(4,12(19)20-5)17-11(18)8-21-13-15-9(2)7-10(3)16-13/h7H,6,8H2,1-5H3,(H,17,18). The highest BCUT2D eigenvalue weighted by Crippen LogP contribution is 2.16. The molecule has 1 amide bonds. The average Bonchev–Trinajstić information content (AvgIpc) is 2.43. The zero-order valence-corrected chi connectivity index (χ0v) is 13.8. The van der Waals surface area contributed by atoms with Crippen LogP contribution in [0.4, 0.5) is 0 Å². The second kappa shape index (κ2) is 7.40. The van der Waals surface area contributed by atoms with Crippen LogP contribution in [0.1, 0.15) is 31.7 Å². The van der Waals surface area contributed by atoms with E-state index in [0.29, 0.717) is 11.6 Å². The number of methoxy groups -OCH3 is 1. The lowest BCUT2D eigenvalue weighted by Gasteiger charge is -2.26. The van der Waals surface area contributed by atoms with Crippen molar-refractivity contribution in [3.05, 3.63) is 17.5 Å². The minimum absolute atomic E-state index is 0.148. The number of esters is 1. The van der Waals surface area contributed by atoms with Gasteiger partial charge in [-0.2, -0.15) is 0 Å². The fraction of sp³-hybridized carbons (Fsp3) is 0.571. The molecule has 7 heteroatoms. The monoisotopic (exact) mass is 311 g/mol. The van der Waals surface area contributed by atoms with Crippen LogP contribution in [0.2, 0.25) is 0 Å². The van der Waals surface area contributed by atoms with Gasteiger partial charge in [-0.1, -0.05) is 18.7 Å². The van der Waals surface area contributed by atoms with Crippen LogP contribution in [0.25, 0.3) is 0 Å². The molecule has 0 fully saturated rings. The topological polar surface area (TPSA) is 81.2 Å². The average molecular weight is 311 g/mol. The Morgan fingerprint density at radius 2 is 1.90 bits per heavy atom. The lowest BCUT2D eigenvalue weighted by molar-refractivity contribution is -0.150. The number of aromatic nitrogens is 2. The molecule has 0 spiro atoms. The summed E-state index contributed by atoms with van der Waals surface area (Å²) in [7, 11) is 1.31. The molecule has 1 atom stereocenters. The van der Waals surface area contributed by atoms with Crippen molar-refractivity contribution in [3.63, 3.8) is 0 Å². The summed E-state index contributed by atoms with van der Waals surface area (Å²) >= 11 is 1.24. The minimum Gasteiger partial charge on any atom is -0.467 e. The van der Waals surface area contributed by atoms with Crippen molar-refractivity contribution in [1.82, 2.24) is 15.3 Å². The Morgan fingerprint density at radius 1 is 1.33 bits per heavy atom. The first-order valence-corrected chi connectivity index (χ1v) is 7.64. The number of nitrogens with zero attached hydrogens (tertiary/aromatic N) is 2. The summed E-state index contributed by atoms with van der Waals surface area (Å²) in [4.78, 5) is 32.2. The van der Waals surface area contributed by atoms with E-state index in [1.54, 1.807) is 6.92 Å². The number of ether oxygens (including phenoxy) is 1. The third-order valence-corrected chi connectivity index (χ3v) is 3.90. The Hall–Kier alpha value is -1.63. The Balaban J connectivity index is 2.63. The van der Waals surface area contributed by atoms with Crippen LogP contribution in [-0.2, 0) is 14.3 Å². The SMILES string of the molecule is CCC(C)(NC(=O)CSc1nc(C)cc(C)n1)C(=O)OC. The summed E-state index contributed by atoms with van der Waals surface area (Å²) in [6.07, 6.45) is 0.454. The molecule has 1 unspecified atom stereocenters. The van der Waals surface area contributed by atoms with Crippen LogP contribution in [0, 0.1) is 13.8 Å². The normalized spacial score (nSPS) is 13.4. The van der Waals surface area contributed by atoms with E-state index < -0.39 is 11.5 Å². The lowest BCUT2D eigenvalue weighted by Crippen LogP contribution is -2.52. The smallest absolute Gasteiger partial charge is 0.331 e. The van der Waals surface area contributed by atoms with Gasteiger partial charge in [-0.05, 0) is 33.3 Å². The number of thioether (sulfide) groups is 1. The van der Waals surface area contributed by atoms with Gasteiger partial charge in [-0.3, -0.25) is 4.79 Å². The van der Waals surface area contributed by atoms with Gasteiger partial charge >= 0.3 is 5.97 Å². The van der Waals surface area contributed by atoms with Crippen molar-refractivity contribution in [2.24, 2.45) is 0 Å². The Bertz CT molecular complexity index is 516. The van der Waals surface area contributed by atoms with E-state index in [9.17, 15) is 9.59 Å². The number of aryl methyl sites for hydroxylation is 2. The molecule has 0 saturated heterocycles. The zero-order valence-electron chi connectivity index (χ0n) is 13.0. The van der Waals surface area contributed by atoms with Gasteiger partial charge in [0.25, 0.3) is 0 Å². The Morgan fingerprint density at radius 3 is 2.38 bits per heavy atom. The van der Waals surface area contributed by atoms with Crippen LogP contribution >= 0.6 is 11.8 Å². The molecule has 6 nitrogen and oxygen atoms in total. The predicted molar refractivity (Wildman–Crippen MR) is 81.1 cm³/mol. The number of hydrogen-bond donors (Lipinski definition) is 1. The van der Waals surface area contributed by atoms with E-state index in [2.05, 4.69) is 15.3 Å². The van der Waals surface area contributed by atoms with Crippen LogP contribution in [-0.4, -0.2) is 40.2 Å². The zero-order chi connectivity index (χ0) is 16.0. The van der Waals surface area contributed by atoms with E-state index in [0.717, 1.165) is 11.4 Å². The second-order valence-corrected chi connectivity index (χ2v) is 5.89. The number of amides is 1. The molecule has 0 aliphatic rings. The summed E-state index contributed by atoms with van der Waals surface area (Å²) in [5.74, 6) is -0.557. The molecule has 0 aliphatic heterocycles. The minimum atomic E-state index is -1.00. The molecule has 1 rings (SSSR count). The van der Waals surface area contributed by atoms with Gasteiger partial charge in [0.15, 0.2) is 5.16 Å². The summed E-state index contributed by atoms with van der Waals surface area (Å²) in [5, 5.41) is 3.26. The van der Waals surface area contributed by atoms with Crippen LogP contribution in [0.15, 0.2) is 11.2 Å². The van der Waals surface area contributed by atoms with E-state index in [-0.39, 0.29) is 11.7 Å². The first kappa shape index (κ1) is 17.4. The first-order valence-electron chi connectivity index (χ1n) is 6.65. The number of hydrogen-bond acceptors (Lipinski definition) is 6. The molecule has 0 aliphatic carbocycles. The molecule has 0 saturated carbocycles. The quantitative estimate of drug-likeness (QED) is 0.489. The van der Waals surface area contributed by atoms with Crippen molar-refractivity contribution >= 4 is 23.6 Å². The van der Waals surface area contributed by atoms with E-state index >= 15 is 0 Å². The largest absolute Gasteiger partial charge is 0.467 e.